The van der Waals surface area contributed by atoms with Crippen molar-refractivity contribution in [2.45, 2.75) is 6.92 Å². The third kappa shape index (κ3) is 7.92. The molecule has 0 heterocycles. The molecule has 1 aromatic carbocycles. The molecule has 1 aromatic rings. The SMILES string of the molecule is CCOc1ccc(OCCOCCS(=O)(=O)Cl)cc1. The first kappa shape index (κ1) is 16.1. The van der Waals surface area contributed by atoms with Crippen LogP contribution in [0.25, 0.3) is 0 Å². The highest BCUT2D eigenvalue weighted by Crippen LogP contribution is 2.17. The second-order valence-corrected chi connectivity index (χ2v) is 6.50. The van der Waals surface area contributed by atoms with Gasteiger partial charge in [-0.1, -0.05) is 0 Å². The van der Waals surface area contributed by atoms with Crippen molar-refractivity contribution in [1.29, 1.82) is 0 Å². The molecule has 0 spiro atoms. The molecule has 0 aromatic heterocycles. The zero-order chi connectivity index (χ0) is 14.1. The third-order valence-electron chi connectivity index (χ3n) is 2.10. The lowest BCUT2D eigenvalue weighted by Gasteiger charge is -2.08. The van der Waals surface area contributed by atoms with Gasteiger partial charge in [0.25, 0.3) is 0 Å². The first-order valence-corrected chi connectivity index (χ1v) is 8.35. The smallest absolute Gasteiger partial charge is 0.234 e. The fourth-order valence-electron chi connectivity index (χ4n) is 1.28. The van der Waals surface area contributed by atoms with Crippen LogP contribution in [0.4, 0.5) is 0 Å². The molecular formula is C12H17ClO5S. The van der Waals surface area contributed by atoms with Crippen molar-refractivity contribution in [2.24, 2.45) is 0 Å². The molecule has 0 atom stereocenters. The van der Waals surface area contributed by atoms with Crippen molar-refractivity contribution in [2.75, 3.05) is 32.2 Å². The maximum absolute atomic E-state index is 10.6. The van der Waals surface area contributed by atoms with Gasteiger partial charge in [-0.3, -0.25) is 0 Å². The lowest BCUT2D eigenvalue weighted by molar-refractivity contribution is 0.111. The van der Waals surface area contributed by atoms with Gasteiger partial charge in [0.05, 0.1) is 25.6 Å². The van der Waals surface area contributed by atoms with E-state index in [9.17, 15) is 8.42 Å². The van der Waals surface area contributed by atoms with Crippen molar-refractivity contribution in [3.8, 4) is 11.5 Å². The second kappa shape index (κ2) is 8.24. The van der Waals surface area contributed by atoms with Crippen LogP contribution in [-0.4, -0.2) is 40.6 Å². The van der Waals surface area contributed by atoms with Gasteiger partial charge in [-0.2, -0.15) is 0 Å². The van der Waals surface area contributed by atoms with Crippen LogP contribution in [0.15, 0.2) is 24.3 Å². The minimum atomic E-state index is -3.48. The van der Waals surface area contributed by atoms with Gasteiger partial charge in [0.15, 0.2) is 0 Å². The maximum atomic E-state index is 10.6. The summed E-state index contributed by atoms with van der Waals surface area (Å²) in [5.74, 6) is 1.30. The van der Waals surface area contributed by atoms with Gasteiger partial charge in [0, 0.05) is 10.7 Å². The minimum Gasteiger partial charge on any atom is -0.494 e. The standard InChI is InChI=1S/C12H17ClO5S/c1-2-17-11-3-5-12(6-4-11)18-8-7-16-9-10-19(13,14)15/h3-6H,2,7-10H2,1H3. The first-order valence-electron chi connectivity index (χ1n) is 5.87. The third-order valence-corrected chi connectivity index (χ3v) is 3.22. The monoisotopic (exact) mass is 308 g/mol. The Morgan fingerprint density at radius 2 is 1.58 bits per heavy atom. The number of benzene rings is 1. The van der Waals surface area contributed by atoms with Gasteiger partial charge in [-0.25, -0.2) is 8.42 Å². The second-order valence-electron chi connectivity index (χ2n) is 3.61. The predicted octanol–water partition coefficient (Wildman–Crippen LogP) is 2.05. The van der Waals surface area contributed by atoms with Crippen LogP contribution in [0.2, 0.25) is 0 Å². The van der Waals surface area contributed by atoms with E-state index in [1.165, 1.54) is 0 Å². The summed E-state index contributed by atoms with van der Waals surface area (Å²) in [4.78, 5) is 0. The van der Waals surface area contributed by atoms with Crippen LogP contribution in [-0.2, 0) is 13.8 Å². The summed E-state index contributed by atoms with van der Waals surface area (Å²) >= 11 is 0. The zero-order valence-electron chi connectivity index (χ0n) is 10.7. The Morgan fingerprint density at radius 1 is 1.00 bits per heavy atom. The number of rotatable bonds is 9. The highest BCUT2D eigenvalue weighted by Gasteiger charge is 2.04. The molecule has 0 aliphatic carbocycles. The van der Waals surface area contributed by atoms with Crippen molar-refractivity contribution < 1.29 is 22.6 Å². The summed E-state index contributed by atoms with van der Waals surface area (Å²) in [7, 11) is 1.55. The molecule has 0 unspecified atom stereocenters. The molecule has 0 amide bonds. The number of ether oxygens (including phenoxy) is 3. The zero-order valence-corrected chi connectivity index (χ0v) is 12.2. The van der Waals surface area contributed by atoms with Crippen molar-refractivity contribution in [3.05, 3.63) is 24.3 Å². The van der Waals surface area contributed by atoms with Crippen LogP contribution >= 0.6 is 10.7 Å². The number of hydrogen-bond donors (Lipinski definition) is 0. The Morgan fingerprint density at radius 3 is 2.11 bits per heavy atom. The Balaban J connectivity index is 2.15. The molecule has 0 N–H and O–H groups in total. The van der Waals surface area contributed by atoms with Crippen LogP contribution in [0.5, 0.6) is 11.5 Å². The molecule has 5 nitrogen and oxygen atoms in total. The van der Waals surface area contributed by atoms with Crippen molar-refractivity contribution >= 4 is 19.7 Å². The fraction of sp³-hybridized carbons (Fsp3) is 0.500. The minimum absolute atomic E-state index is 0.0679. The molecule has 1 rings (SSSR count). The topological polar surface area (TPSA) is 61.8 Å². The molecule has 0 fully saturated rings. The molecule has 0 saturated carbocycles. The summed E-state index contributed by atoms with van der Waals surface area (Å²) in [5, 5.41) is 0. The van der Waals surface area contributed by atoms with E-state index in [0.717, 1.165) is 5.75 Å². The van der Waals surface area contributed by atoms with E-state index in [2.05, 4.69) is 0 Å². The van der Waals surface area contributed by atoms with Gasteiger partial charge in [0.1, 0.15) is 18.1 Å². The highest BCUT2D eigenvalue weighted by atomic mass is 35.7. The molecule has 0 aliphatic heterocycles. The fourth-order valence-corrected chi connectivity index (χ4v) is 1.78. The van der Waals surface area contributed by atoms with Gasteiger partial charge in [-0.05, 0) is 31.2 Å². The predicted molar refractivity (Wildman–Crippen MR) is 73.6 cm³/mol. The van der Waals surface area contributed by atoms with Crippen LogP contribution < -0.4 is 9.47 Å². The van der Waals surface area contributed by atoms with Crippen molar-refractivity contribution in [3.63, 3.8) is 0 Å². The van der Waals surface area contributed by atoms with Crippen LogP contribution in [0.1, 0.15) is 6.92 Å². The van der Waals surface area contributed by atoms with Gasteiger partial charge in [0.2, 0.25) is 9.05 Å². The average molecular weight is 309 g/mol. The van der Waals surface area contributed by atoms with E-state index in [1.54, 1.807) is 12.1 Å². The molecular weight excluding hydrogens is 292 g/mol. The molecule has 7 heteroatoms. The summed E-state index contributed by atoms with van der Waals surface area (Å²) in [6, 6.07) is 7.24. The normalized spacial score (nSPS) is 11.3. The first-order chi connectivity index (χ1) is 9.01. The molecule has 0 bridgehead atoms. The lowest BCUT2D eigenvalue weighted by Crippen LogP contribution is -2.11. The Labute approximate surface area is 117 Å². The van der Waals surface area contributed by atoms with E-state index in [0.29, 0.717) is 25.6 Å². The van der Waals surface area contributed by atoms with E-state index >= 15 is 0 Å². The van der Waals surface area contributed by atoms with Gasteiger partial charge >= 0.3 is 0 Å². The van der Waals surface area contributed by atoms with Gasteiger partial charge < -0.3 is 14.2 Å². The quantitative estimate of drug-likeness (QED) is 0.516. The number of hydrogen-bond acceptors (Lipinski definition) is 5. The van der Waals surface area contributed by atoms with E-state index in [4.69, 9.17) is 24.9 Å². The average Bonchev–Trinajstić information content (AvgIpc) is 2.35. The van der Waals surface area contributed by atoms with E-state index in [-0.39, 0.29) is 12.4 Å². The van der Waals surface area contributed by atoms with Crippen LogP contribution in [0, 0.1) is 0 Å². The van der Waals surface area contributed by atoms with Crippen LogP contribution in [0.3, 0.4) is 0 Å². The lowest BCUT2D eigenvalue weighted by atomic mass is 10.3. The highest BCUT2D eigenvalue weighted by molar-refractivity contribution is 8.13. The van der Waals surface area contributed by atoms with Gasteiger partial charge in [-0.15, -0.1) is 0 Å². The largest absolute Gasteiger partial charge is 0.494 e. The van der Waals surface area contributed by atoms with Crippen molar-refractivity contribution in [1.82, 2.24) is 0 Å². The Bertz CT molecular complexity index is 458. The summed E-state index contributed by atoms with van der Waals surface area (Å²) < 4.78 is 37.0. The molecule has 108 valence electrons. The summed E-state index contributed by atoms with van der Waals surface area (Å²) in [5.41, 5.74) is 0. The molecule has 0 radical (unpaired) electrons. The Kier molecular flexibility index (Phi) is 6.97. The molecule has 19 heavy (non-hydrogen) atoms. The summed E-state index contributed by atoms with van der Waals surface area (Å²) in [6.07, 6.45) is 0. The Hall–Kier alpha value is -0.980. The number of halogens is 1. The maximum Gasteiger partial charge on any atom is 0.234 e. The van der Waals surface area contributed by atoms with E-state index in [1.807, 2.05) is 19.1 Å². The summed E-state index contributed by atoms with van der Waals surface area (Å²) in [6.45, 7) is 3.26. The molecule has 0 aliphatic rings. The van der Waals surface area contributed by atoms with E-state index < -0.39 is 9.05 Å². The molecule has 0 saturated heterocycles.